The minimum atomic E-state index is 0.504. The van der Waals surface area contributed by atoms with Crippen LogP contribution < -0.4 is 4.74 Å². The van der Waals surface area contributed by atoms with Gasteiger partial charge in [0.2, 0.25) is 5.90 Å². The van der Waals surface area contributed by atoms with E-state index in [9.17, 15) is 0 Å². The summed E-state index contributed by atoms with van der Waals surface area (Å²) in [7, 11) is 1.66. The average molecular weight is 214 g/mol. The third-order valence-corrected chi connectivity index (χ3v) is 1.94. The molecule has 0 aliphatic carbocycles. The van der Waals surface area contributed by atoms with E-state index >= 15 is 0 Å². The van der Waals surface area contributed by atoms with Crippen LogP contribution in [-0.2, 0) is 0 Å². The zero-order valence-electron chi connectivity index (χ0n) is 9.47. The van der Waals surface area contributed by atoms with Gasteiger partial charge in [0.15, 0.2) is 0 Å². The van der Waals surface area contributed by atoms with Crippen LogP contribution >= 0.6 is 0 Å². The van der Waals surface area contributed by atoms with Crippen LogP contribution in [0.3, 0.4) is 0 Å². The Morgan fingerprint density at radius 3 is 2.88 bits per heavy atom. The van der Waals surface area contributed by atoms with Crippen molar-refractivity contribution in [2.75, 3.05) is 7.05 Å². The fourth-order valence-electron chi connectivity index (χ4n) is 1.13. The Hall–Kier alpha value is -2.08. The molecule has 0 unspecified atom stereocenters. The van der Waals surface area contributed by atoms with E-state index < -0.39 is 0 Å². The van der Waals surface area contributed by atoms with Crippen molar-refractivity contribution >= 4 is 5.90 Å². The number of nitrogens with zero attached hydrogens (tertiary/aromatic N) is 2. The Kier molecular flexibility index (Phi) is 4.81. The number of ether oxygens (including phenoxy) is 1. The maximum atomic E-state index is 8.89. The van der Waals surface area contributed by atoms with E-state index in [4.69, 9.17) is 10.00 Å². The minimum absolute atomic E-state index is 0.504. The summed E-state index contributed by atoms with van der Waals surface area (Å²) in [6, 6.07) is 9.17. The molecule has 3 heteroatoms. The van der Waals surface area contributed by atoms with Crippen molar-refractivity contribution in [2.45, 2.75) is 13.3 Å². The van der Waals surface area contributed by atoms with E-state index in [2.05, 4.69) is 11.1 Å². The van der Waals surface area contributed by atoms with Crippen molar-refractivity contribution in [1.82, 2.24) is 0 Å². The monoisotopic (exact) mass is 214 g/mol. The molecule has 0 heterocycles. The highest BCUT2D eigenvalue weighted by Gasteiger charge is 2.03. The van der Waals surface area contributed by atoms with E-state index in [1.807, 2.05) is 19.1 Å². The van der Waals surface area contributed by atoms with Gasteiger partial charge < -0.3 is 4.74 Å². The Bertz CT molecular complexity index is 441. The Morgan fingerprint density at radius 1 is 1.50 bits per heavy atom. The molecule has 1 aromatic rings. The van der Waals surface area contributed by atoms with Gasteiger partial charge in [-0.15, -0.1) is 0 Å². The molecule has 0 aromatic heterocycles. The number of nitriles is 1. The van der Waals surface area contributed by atoms with Crippen LogP contribution in [0.4, 0.5) is 0 Å². The molecule has 1 aromatic carbocycles. The normalized spacial score (nSPS) is 11.4. The first-order valence-corrected chi connectivity index (χ1v) is 5.12. The Labute approximate surface area is 95.7 Å². The van der Waals surface area contributed by atoms with Gasteiger partial charge in [-0.25, -0.2) is 0 Å². The summed E-state index contributed by atoms with van der Waals surface area (Å²) in [4.78, 5) is 3.99. The molecule has 0 bridgehead atoms. The molecule has 0 saturated carbocycles. The second kappa shape index (κ2) is 6.41. The molecule has 1 rings (SSSR count). The van der Waals surface area contributed by atoms with E-state index in [1.165, 1.54) is 0 Å². The molecule has 16 heavy (non-hydrogen) atoms. The van der Waals surface area contributed by atoms with Gasteiger partial charge in [0.05, 0.1) is 5.56 Å². The lowest BCUT2D eigenvalue weighted by Gasteiger charge is -2.05. The Balaban J connectivity index is 2.87. The number of aliphatic imine (C=N–C) groups is 1. The topological polar surface area (TPSA) is 45.4 Å². The third kappa shape index (κ3) is 3.25. The van der Waals surface area contributed by atoms with Crippen molar-refractivity contribution in [1.29, 1.82) is 5.26 Å². The smallest absolute Gasteiger partial charge is 0.214 e. The SMILES string of the molecule is CC/C=C\C(=NC)Oc1ccccc1C#N. The maximum Gasteiger partial charge on any atom is 0.214 e. The summed E-state index contributed by atoms with van der Waals surface area (Å²) in [5, 5.41) is 8.89. The van der Waals surface area contributed by atoms with Gasteiger partial charge in [-0.1, -0.05) is 25.1 Å². The van der Waals surface area contributed by atoms with Crippen molar-refractivity contribution in [3.8, 4) is 11.8 Å². The zero-order valence-corrected chi connectivity index (χ0v) is 9.47. The largest absolute Gasteiger partial charge is 0.438 e. The standard InChI is InChI=1S/C13H14N2O/c1-3-4-9-13(15-2)16-12-8-6-5-7-11(12)10-14/h4-9H,3H2,1-2H3/b9-4-,15-13?. The summed E-state index contributed by atoms with van der Waals surface area (Å²) in [5.41, 5.74) is 0.508. The number of benzene rings is 1. The van der Waals surface area contributed by atoms with E-state index in [-0.39, 0.29) is 0 Å². The van der Waals surface area contributed by atoms with Crippen LogP contribution in [0.5, 0.6) is 5.75 Å². The molecule has 3 nitrogen and oxygen atoms in total. The predicted molar refractivity (Wildman–Crippen MR) is 64.6 cm³/mol. The second-order valence-corrected chi connectivity index (χ2v) is 3.08. The first-order chi connectivity index (χ1) is 7.81. The molecule has 0 spiro atoms. The van der Waals surface area contributed by atoms with Crippen LogP contribution in [0.1, 0.15) is 18.9 Å². The van der Waals surface area contributed by atoms with Gasteiger partial charge in [-0.3, -0.25) is 4.99 Å². The minimum Gasteiger partial charge on any atom is -0.438 e. The fraction of sp³-hybridized carbons (Fsp3) is 0.231. The number of allylic oxidation sites excluding steroid dienone is 1. The molecular weight excluding hydrogens is 200 g/mol. The van der Waals surface area contributed by atoms with E-state index in [1.54, 1.807) is 31.3 Å². The quantitative estimate of drug-likeness (QED) is 0.573. The fourth-order valence-corrected chi connectivity index (χ4v) is 1.13. The summed E-state index contributed by atoms with van der Waals surface area (Å²) >= 11 is 0. The molecule has 82 valence electrons. The van der Waals surface area contributed by atoms with Crippen molar-refractivity contribution in [2.24, 2.45) is 4.99 Å². The predicted octanol–water partition coefficient (Wildman–Crippen LogP) is 2.93. The summed E-state index contributed by atoms with van der Waals surface area (Å²) in [6.07, 6.45) is 4.67. The van der Waals surface area contributed by atoms with E-state index in [0.717, 1.165) is 6.42 Å². The van der Waals surface area contributed by atoms with Gasteiger partial charge in [-0.2, -0.15) is 5.26 Å². The zero-order chi connectivity index (χ0) is 11.8. The lowest BCUT2D eigenvalue weighted by Crippen LogP contribution is -2.05. The van der Waals surface area contributed by atoms with Crippen LogP contribution in [0.25, 0.3) is 0 Å². The van der Waals surface area contributed by atoms with Crippen molar-refractivity contribution in [3.63, 3.8) is 0 Å². The van der Waals surface area contributed by atoms with Gasteiger partial charge in [0.25, 0.3) is 0 Å². The number of rotatable bonds is 3. The molecule has 0 fully saturated rings. The molecule has 0 aliphatic heterocycles. The van der Waals surface area contributed by atoms with Crippen molar-refractivity contribution < 1.29 is 4.74 Å². The van der Waals surface area contributed by atoms with Crippen LogP contribution in [0.2, 0.25) is 0 Å². The first kappa shape index (κ1) is 12.0. The number of hydrogen-bond donors (Lipinski definition) is 0. The van der Waals surface area contributed by atoms with Gasteiger partial charge >= 0.3 is 0 Å². The highest BCUT2D eigenvalue weighted by atomic mass is 16.5. The third-order valence-electron chi connectivity index (χ3n) is 1.94. The Morgan fingerprint density at radius 2 is 2.25 bits per heavy atom. The highest BCUT2D eigenvalue weighted by molar-refractivity contribution is 5.89. The van der Waals surface area contributed by atoms with Crippen LogP contribution in [0, 0.1) is 11.3 Å². The van der Waals surface area contributed by atoms with E-state index in [0.29, 0.717) is 17.2 Å². The molecule has 0 radical (unpaired) electrons. The van der Waals surface area contributed by atoms with Gasteiger partial charge in [0.1, 0.15) is 11.8 Å². The second-order valence-electron chi connectivity index (χ2n) is 3.08. The first-order valence-electron chi connectivity index (χ1n) is 5.12. The molecule has 0 amide bonds. The lowest BCUT2D eigenvalue weighted by molar-refractivity contribution is 0.552. The van der Waals surface area contributed by atoms with Crippen LogP contribution in [-0.4, -0.2) is 12.9 Å². The molecule has 0 saturated heterocycles. The lowest BCUT2D eigenvalue weighted by atomic mass is 10.2. The maximum absolute atomic E-state index is 8.89. The highest BCUT2D eigenvalue weighted by Crippen LogP contribution is 2.17. The number of hydrogen-bond acceptors (Lipinski definition) is 3. The number of para-hydroxylation sites is 1. The summed E-state index contributed by atoms with van der Waals surface area (Å²) < 4.78 is 5.53. The molecule has 0 atom stereocenters. The summed E-state index contributed by atoms with van der Waals surface area (Å²) in [6.45, 7) is 2.03. The van der Waals surface area contributed by atoms with Gasteiger partial charge in [-0.05, 0) is 24.6 Å². The average Bonchev–Trinajstić information content (AvgIpc) is 2.34. The summed E-state index contributed by atoms with van der Waals surface area (Å²) in [5.74, 6) is 1.04. The van der Waals surface area contributed by atoms with Gasteiger partial charge in [0, 0.05) is 7.05 Å². The molecule has 0 N–H and O–H groups in total. The molecule has 0 aliphatic rings. The van der Waals surface area contributed by atoms with Crippen LogP contribution in [0.15, 0.2) is 41.4 Å². The van der Waals surface area contributed by atoms with Crippen molar-refractivity contribution in [3.05, 3.63) is 42.0 Å². The molecular formula is C13H14N2O.